The molecule has 0 bridgehead atoms. The van der Waals surface area contributed by atoms with Gasteiger partial charge in [0.1, 0.15) is 0 Å². The maximum atomic E-state index is 13.1. The van der Waals surface area contributed by atoms with Gasteiger partial charge >= 0.3 is 0 Å². The lowest BCUT2D eigenvalue weighted by molar-refractivity contribution is 0.109. The fourth-order valence-electron chi connectivity index (χ4n) is 0.921. The number of nitrogens with zero attached hydrogens (tertiary/aromatic N) is 3. The van der Waals surface area contributed by atoms with E-state index in [-0.39, 0.29) is 17.5 Å². The number of aldehydes is 1. The van der Waals surface area contributed by atoms with Crippen LogP contribution < -0.4 is 0 Å². The molecule has 0 N–H and O–H groups in total. The van der Waals surface area contributed by atoms with Crippen LogP contribution in [0.2, 0.25) is 0 Å². The van der Waals surface area contributed by atoms with Crippen molar-refractivity contribution in [3.63, 3.8) is 0 Å². The lowest BCUT2D eigenvalue weighted by Crippen LogP contribution is -1.87. The zero-order chi connectivity index (χ0) is 9.97. The fourth-order valence-corrected chi connectivity index (χ4v) is 0.921. The molecule has 0 aliphatic heterocycles. The second-order valence-corrected chi connectivity index (χ2v) is 2.40. The highest BCUT2D eigenvalue weighted by Crippen LogP contribution is 2.17. The Kier molecular flexibility index (Phi) is 2.02. The molecule has 0 spiro atoms. The molecule has 6 heteroatoms. The summed E-state index contributed by atoms with van der Waals surface area (Å²) in [6.45, 7) is 0. The largest absolute Gasteiger partial charge is 0.412 e. The minimum Gasteiger partial charge on any atom is -0.412 e. The van der Waals surface area contributed by atoms with Gasteiger partial charge in [-0.2, -0.15) is 0 Å². The first-order valence-corrected chi connectivity index (χ1v) is 3.71. The Bertz CT molecular complexity index is 469. The summed E-state index contributed by atoms with van der Waals surface area (Å²) in [5.74, 6) is -0.885. The highest BCUT2D eigenvalue weighted by molar-refractivity contribution is 5.67. The average molecular weight is 193 g/mol. The van der Waals surface area contributed by atoms with Crippen molar-refractivity contribution in [2.75, 3.05) is 0 Å². The molecule has 14 heavy (non-hydrogen) atoms. The molecular weight excluding hydrogens is 189 g/mol. The highest BCUT2D eigenvalue weighted by Gasteiger charge is 2.12. The van der Waals surface area contributed by atoms with E-state index in [4.69, 9.17) is 4.42 Å². The predicted octanol–water partition coefficient (Wildman–Crippen LogP) is 1.08. The van der Waals surface area contributed by atoms with Crippen LogP contribution in [0.1, 0.15) is 10.7 Å². The van der Waals surface area contributed by atoms with Crippen molar-refractivity contribution in [2.24, 2.45) is 0 Å². The monoisotopic (exact) mass is 193 g/mol. The first-order chi connectivity index (χ1) is 6.81. The number of halogens is 1. The van der Waals surface area contributed by atoms with Crippen LogP contribution in [0, 0.1) is 5.82 Å². The Balaban J connectivity index is 2.49. The Morgan fingerprint density at radius 2 is 2.29 bits per heavy atom. The van der Waals surface area contributed by atoms with Gasteiger partial charge in [0.25, 0.3) is 11.8 Å². The van der Waals surface area contributed by atoms with Gasteiger partial charge in [0.15, 0.2) is 11.5 Å². The van der Waals surface area contributed by atoms with Crippen LogP contribution in [0.25, 0.3) is 11.6 Å². The Morgan fingerprint density at radius 3 is 2.93 bits per heavy atom. The molecular formula is C8H4FN3O2. The summed E-state index contributed by atoms with van der Waals surface area (Å²) in [6.07, 6.45) is 1.78. The molecule has 0 saturated carbocycles. The van der Waals surface area contributed by atoms with E-state index in [0.29, 0.717) is 6.29 Å². The molecule has 0 unspecified atom stereocenters. The first-order valence-electron chi connectivity index (χ1n) is 3.71. The summed E-state index contributed by atoms with van der Waals surface area (Å²) >= 11 is 0. The molecule has 0 atom stereocenters. The van der Waals surface area contributed by atoms with E-state index in [2.05, 4.69) is 15.2 Å². The number of carbonyl (C=O) groups is 1. The van der Waals surface area contributed by atoms with Gasteiger partial charge in [0, 0.05) is 6.20 Å². The standard InChI is InChI=1S/C8H4FN3O2/c9-5-2-1-3-10-7(5)8-12-11-6(4-13)14-8/h1-4H. The lowest BCUT2D eigenvalue weighted by Gasteiger charge is -1.93. The quantitative estimate of drug-likeness (QED) is 0.667. The van der Waals surface area contributed by atoms with Crippen molar-refractivity contribution in [1.29, 1.82) is 0 Å². The number of carbonyl (C=O) groups excluding carboxylic acids is 1. The van der Waals surface area contributed by atoms with Gasteiger partial charge in [0.05, 0.1) is 0 Å². The fraction of sp³-hybridized carbons (Fsp3) is 0. The molecule has 0 amide bonds. The Hall–Kier alpha value is -2.11. The third-order valence-electron chi connectivity index (χ3n) is 1.50. The zero-order valence-electron chi connectivity index (χ0n) is 6.85. The van der Waals surface area contributed by atoms with Gasteiger partial charge in [0.2, 0.25) is 6.29 Å². The van der Waals surface area contributed by atoms with Crippen LogP contribution >= 0.6 is 0 Å². The van der Waals surface area contributed by atoms with E-state index in [1.807, 2.05) is 0 Å². The van der Waals surface area contributed by atoms with Crippen LogP contribution in [-0.2, 0) is 0 Å². The van der Waals surface area contributed by atoms with Gasteiger partial charge < -0.3 is 4.42 Å². The Labute approximate surface area is 77.6 Å². The van der Waals surface area contributed by atoms with E-state index >= 15 is 0 Å². The Morgan fingerprint density at radius 1 is 1.43 bits per heavy atom. The van der Waals surface area contributed by atoms with Crippen LogP contribution in [0.15, 0.2) is 22.7 Å². The number of hydrogen-bond donors (Lipinski definition) is 0. The van der Waals surface area contributed by atoms with Crippen molar-refractivity contribution < 1.29 is 13.6 Å². The summed E-state index contributed by atoms with van der Waals surface area (Å²) in [4.78, 5) is 13.9. The number of pyridine rings is 1. The van der Waals surface area contributed by atoms with E-state index in [1.54, 1.807) is 0 Å². The van der Waals surface area contributed by atoms with Gasteiger partial charge in [-0.25, -0.2) is 9.37 Å². The van der Waals surface area contributed by atoms with Gasteiger partial charge in [-0.3, -0.25) is 4.79 Å². The molecule has 0 aliphatic carbocycles. The maximum Gasteiger partial charge on any atom is 0.281 e. The lowest BCUT2D eigenvalue weighted by atomic mass is 10.3. The third-order valence-corrected chi connectivity index (χ3v) is 1.50. The van der Waals surface area contributed by atoms with Crippen molar-refractivity contribution >= 4 is 6.29 Å². The molecule has 2 aromatic heterocycles. The summed E-state index contributed by atoms with van der Waals surface area (Å²) < 4.78 is 17.9. The van der Waals surface area contributed by atoms with Crippen molar-refractivity contribution in [3.8, 4) is 11.6 Å². The molecule has 0 saturated heterocycles. The second-order valence-electron chi connectivity index (χ2n) is 2.40. The predicted molar refractivity (Wildman–Crippen MR) is 42.9 cm³/mol. The maximum absolute atomic E-state index is 13.1. The van der Waals surface area contributed by atoms with Gasteiger partial charge in [-0.1, -0.05) is 0 Å². The molecule has 0 aliphatic rings. The number of rotatable bonds is 2. The molecule has 70 valence electrons. The summed E-state index contributed by atoms with van der Waals surface area (Å²) in [6, 6.07) is 2.66. The number of hydrogen-bond acceptors (Lipinski definition) is 5. The van der Waals surface area contributed by atoms with Gasteiger partial charge in [-0.15, -0.1) is 10.2 Å². The van der Waals surface area contributed by atoms with E-state index in [1.165, 1.54) is 18.3 Å². The normalized spacial score (nSPS) is 10.1. The average Bonchev–Trinajstić information content (AvgIpc) is 2.67. The third kappa shape index (κ3) is 1.37. The van der Waals surface area contributed by atoms with Crippen molar-refractivity contribution in [3.05, 3.63) is 30.0 Å². The van der Waals surface area contributed by atoms with Crippen LogP contribution in [0.5, 0.6) is 0 Å². The van der Waals surface area contributed by atoms with Crippen molar-refractivity contribution in [2.45, 2.75) is 0 Å². The van der Waals surface area contributed by atoms with E-state index in [9.17, 15) is 9.18 Å². The molecule has 0 radical (unpaired) electrons. The van der Waals surface area contributed by atoms with Crippen LogP contribution in [0.3, 0.4) is 0 Å². The molecule has 2 heterocycles. The molecule has 2 rings (SSSR count). The summed E-state index contributed by atoms with van der Waals surface area (Å²) in [5.41, 5.74) is -0.0619. The SMILES string of the molecule is O=Cc1nnc(-c2ncccc2F)o1. The number of aromatic nitrogens is 3. The second kappa shape index (κ2) is 3.33. The van der Waals surface area contributed by atoms with Crippen molar-refractivity contribution in [1.82, 2.24) is 15.2 Å². The molecule has 0 fully saturated rings. The molecule has 0 aromatic carbocycles. The first kappa shape index (κ1) is 8.49. The molecule has 2 aromatic rings. The highest BCUT2D eigenvalue weighted by atomic mass is 19.1. The topological polar surface area (TPSA) is 68.9 Å². The minimum absolute atomic E-state index is 0.0619. The summed E-state index contributed by atoms with van der Waals surface area (Å²) in [7, 11) is 0. The minimum atomic E-state index is -0.575. The summed E-state index contributed by atoms with van der Waals surface area (Å²) in [5, 5.41) is 6.83. The van der Waals surface area contributed by atoms with Gasteiger partial charge in [-0.05, 0) is 12.1 Å². The smallest absolute Gasteiger partial charge is 0.281 e. The van der Waals surface area contributed by atoms with E-state index in [0.717, 1.165) is 0 Å². The van der Waals surface area contributed by atoms with E-state index < -0.39 is 5.82 Å². The molecule has 5 nitrogen and oxygen atoms in total. The zero-order valence-corrected chi connectivity index (χ0v) is 6.85. The van der Waals surface area contributed by atoms with Crippen LogP contribution in [0.4, 0.5) is 4.39 Å². The van der Waals surface area contributed by atoms with Crippen LogP contribution in [-0.4, -0.2) is 21.5 Å².